The van der Waals surface area contributed by atoms with E-state index < -0.39 is 0 Å². The molecule has 32 heavy (non-hydrogen) atoms. The Morgan fingerprint density at radius 2 is 2.03 bits per heavy atom. The molecule has 162 valence electrons. The normalized spacial score (nSPS) is 10.8. The Morgan fingerprint density at radius 3 is 2.81 bits per heavy atom. The number of nitrogens with zero attached hydrogens (tertiary/aromatic N) is 2. The van der Waals surface area contributed by atoms with Gasteiger partial charge < -0.3 is 19.8 Å². The topological polar surface area (TPSA) is 72.2 Å². The summed E-state index contributed by atoms with van der Waals surface area (Å²) in [7, 11) is 1.89. The number of furan rings is 1. The maximum absolute atomic E-state index is 6.40. The van der Waals surface area contributed by atoms with Crippen LogP contribution in [0.2, 0.25) is 5.02 Å². The molecule has 7 heteroatoms. The molecular formula is C25H23ClN4O2. The van der Waals surface area contributed by atoms with E-state index in [-0.39, 0.29) is 0 Å². The number of aromatic nitrogens is 2. The molecular weight excluding hydrogens is 424 g/mol. The van der Waals surface area contributed by atoms with Gasteiger partial charge in [-0.3, -0.25) is 0 Å². The molecule has 0 bridgehead atoms. The molecule has 0 aliphatic rings. The van der Waals surface area contributed by atoms with Crippen LogP contribution in [-0.2, 0) is 6.54 Å². The van der Waals surface area contributed by atoms with Crippen LogP contribution in [0.3, 0.4) is 0 Å². The molecule has 0 atom stereocenters. The Hall–Kier alpha value is -3.61. The summed E-state index contributed by atoms with van der Waals surface area (Å²) >= 11 is 6.40. The van der Waals surface area contributed by atoms with Crippen LogP contribution >= 0.6 is 11.6 Å². The summed E-state index contributed by atoms with van der Waals surface area (Å²) in [5.74, 6) is 2.91. The van der Waals surface area contributed by atoms with Gasteiger partial charge in [-0.15, -0.1) is 0 Å². The number of nitrogens with one attached hydrogen (secondary N) is 2. The van der Waals surface area contributed by atoms with E-state index in [2.05, 4.69) is 33.8 Å². The first kappa shape index (κ1) is 21.6. The van der Waals surface area contributed by atoms with Gasteiger partial charge in [0.1, 0.15) is 36.0 Å². The average molecular weight is 447 g/mol. The van der Waals surface area contributed by atoms with Crippen LogP contribution < -0.4 is 15.4 Å². The summed E-state index contributed by atoms with van der Waals surface area (Å²) in [5, 5.41) is 7.77. The standard InChI is InChI=1S/C25H23ClN4O2/c1-4-16(2)14-31-24-9-6-18(12-21(24)26)30-25-20-11-17(5-8-22(20)28-15-29-25)23-10-7-19(32-23)13-27-3/h4-12,15,27H,1-2,13-14H2,3H3,(H,28,29,30). The van der Waals surface area contributed by atoms with Crippen LogP contribution in [0.1, 0.15) is 5.76 Å². The first-order chi connectivity index (χ1) is 15.6. The van der Waals surface area contributed by atoms with Crippen LogP contribution in [0.15, 0.2) is 84.1 Å². The van der Waals surface area contributed by atoms with E-state index in [9.17, 15) is 0 Å². The summed E-state index contributed by atoms with van der Waals surface area (Å²) in [6.45, 7) is 8.51. The Bertz CT molecular complexity index is 1280. The molecule has 0 amide bonds. The largest absolute Gasteiger partial charge is 0.487 e. The van der Waals surface area contributed by atoms with Gasteiger partial charge >= 0.3 is 0 Å². The van der Waals surface area contributed by atoms with Gasteiger partial charge in [0, 0.05) is 16.6 Å². The van der Waals surface area contributed by atoms with Crippen molar-refractivity contribution in [3.63, 3.8) is 0 Å². The number of ether oxygens (including phenoxy) is 1. The number of halogens is 1. The number of hydrogen-bond acceptors (Lipinski definition) is 6. The molecule has 2 heterocycles. The maximum atomic E-state index is 6.40. The second kappa shape index (κ2) is 9.68. The molecule has 4 rings (SSSR count). The van der Waals surface area contributed by atoms with Crippen molar-refractivity contribution in [2.24, 2.45) is 0 Å². The van der Waals surface area contributed by atoms with Gasteiger partial charge in [-0.1, -0.05) is 30.8 Å². The van der Waals surface area contributed by atoms with E-state index >= 15 is 0 Å². The van der Waals surface area contributed by atoms with Crippen LogP contribution in [0.5, 0.6) is 5.75 Å². The third-order valence-electron chi connectivity index (χ3n) is 4.83. The van der Waals surface area contributed by atoms with Crippen LogP contribution in [0, 0.1) is 0 Å². The van der Waals surface area contributed by atoms with Gasteiger partial charge in [-0.2, -0.15) is 0 Å². The Balaban J connectivity index is 1.60. The molecule has 0 spiro atoms. The highest BCUT2D eigenvalue weighted by molar-refractivity contribution is 6.32. The molecule has 0 unspecified atom stereocenters. The fourth-order valence-electron chi connectivity index (χ4n) is 3.17. The lowest BCUT2D eigenvalue weighted by atomic mass is 10.1. The summed E-state index contributed by atoms with van der Waals surface area (Å²) < 4.78 is 11.6. The maximum Gasteiger partial charge on any atom is 0.141 e. The van der Waals surface area contributed by atoms with Crippen molar-refractivity contribution in [1.29, 1.82) is 0 Å². The van der Waals surface area contributed by atoms with Crippen molar-refractivity contribution in [2.45, 2.75) is 6.54 Å². The lowest BCUT2D eigenvalue weighted by molar-refractivity contribution is 0.356. The minimum absolute atomic E-state index is 0.331. The van der Waals surface area contributed by atoms with Crippen molar-refractivity contribution in [2.75, 3.05) is 19.0 Å². The predicted octanol–water partition coefficient (Wildman–Crippen LogP) is 6.13. The zero-order valence-corrected chi connectivity index (χ0v) is 18.4. The molecule has 0 aliphatic heterocycles. The molecule has 4 aromatic rings. The van der Waals surface area contributed by atoms with E-state index in [4.69, 9.17) is 20.8 Å². The van der Waals surface area contributed by atoms with Crippen molar-refractivity contribution < 1.29 is 9.15 Å². The second-order valence-corrected chi connectivity index (χ2v) is 7.58. The van der Waals surface area contributed by atoms with Gasteiger partial charge in [0.2, 0.25) is 0 Å². The van der Waals surface area contributed by atoms with Crippen LogP contribution in [-0.4, -0.2) is 23.6 Å². The quantitative estimate of drug-likeness (QED) is 0.301. The molecule has 0 fully saturated rings. The monoisotopic (exact) mass is 446 g/mol. The Kier molecular flexibility index (Phi) is 6.54. The molecule has 6 nitrogen and oxygen atoms in total. The zero-order chi connectivity index (χ0) is 22.5. The summed E-state index contributed by atoms with van der Waals surface area (Å²) in [6.07, 6.45) is 3.19. The minimum atomic E-state index is 0.331. The van der Waals surface area contributed by atoms with Crippen molar-refractivity contribution in [3.05, 3.63) is 90.4 Å². The lowest BCUT2D eigenvalue weighted by Gasteiger charge is -2.12. The fraction of sp³-hybridized carbons (Fsp3) is 0.120. The zero-order valence-electron chi connectivity index (χ0n) is 17.7. The third kappa shape index (κ3) is 4.82. The average Bonchev–Trinajstić information content (AvgIpc) is 3.27. The smallest absolute Gasteiger partial charge is 0.141 e. The van der Waals surface area contributed by atoms with Gasteiger partial charge in [0.15, 0.2) is 0 Å². The predicted molar refractivity (Wildman–Crippen MR) is 130 cm³/mol. The summed E-state index contributed by atoms with van der Waals surface area (Å²) in [5.41, 5.74) is 3.33. The van der Waals surface area contributed by atoms with Gasteiger partial charge in [0.05, 0.1) is 17.1 Å². The summed E-state index contributed by atoms with van der Waals surface area (Å²) in [6, 6.07) is 15.4. The SMILES string of the molecule is C=CC(=C)COc1ccc(Nc2ncnc3ccc(-c4ccc(CNC)o4)cc23)cc1Cl. The first-order valence-electron chi connectivity index (χ1n) is 10.1. The van der Waals surface area contributed by atoms with Crippen molar-refractivity contribution >= 4 is 34.0 Å². The van der Waals surface area contributed by atoms with Gasteiger partial charge in [-0.25, -0.2) is 9.97 Å². The van der Waals surface area contributed by atoms with Crippen molar-refractivity contribution in [3.8, 4) is 17.1 Å². The second-order valence-electron chi connectivity index (χ2n) is 7.17. The lowest BCUT2D eigenvalue weighted by Crippen LogP contribution is -2.03. The minimum Gasteiger partial charge on any atom is -0.487 e. The Morgan fingerprint density at radius 1 is 1.16 bits per heavy atom. The number of fused-ring (bicyclic) bond motifs is 1. The van der Waals surface area contributed by atoms with E-state index in [1.807, 2.05) is 49.5 Å². The summed E-state index contributed by atoms with van der Waals surface area (Å²) in [4.78, 5) is 8.81. The highest BCUT2D eigenvalue weighted by atomic mass is 35.5. The highest BCUT2D eigenvalue weighted by Crippen LogP contribution is 2.32. The van der Waals surface area contributed by atoms with E-state index in [0.717, 1.165) is 39.2 Å². The first-order valence-corrected chi connectivity index (χ1v) is 10.4. The molecule has 0 saturated carbocycles. The molecule has 0 saturated heterocycles. The number of anilines is 2. The van der Waals surface area contributed by atoms with E-state index in [1.165, 1.54) is 6.33 Å². The highest BCUT2D eigenvalue weighted by Gasteiger charge is 2.11. The van der Waals surface area contributed by atoms with E-state index in [1.54, 1.807) is 12.1 Å². The molecule has 2 aromatic heterocycles. The van der Waals surface area contributed by atoms with E-state index in [0.29, 0.717) is 29.7 Å². The fourth-order valence-corrected chi connectivity index (χ4v) is 3.41. The van der Waals surface area contributed by atoms with Gasteiger partial charge in [0.25, 0.3) is 0 Å². The third-order valence-corrected chi connectivity index (χ3v) is 5.12. The van der Waals surface area contributed by atoms with Crippen molar-refractivity contribution in [1.82, 2.24) is 15.3 Å². The van der Waals surface area contributed by atoms with Crippen LogP contribution in [0.4, 0.5) is 11.5 Å². The molecule has 0 aliphatic carbocycles. The Labute approximate surface area is 191 Å². The number of hydrogen-bond donors (Lipinski definition) is 2. The number of rotatable bonds is 9. The molecule has 2 N–H and O–H groups in total. The van der Waals surface area contributed by atoms with Crippen LogP contribution in [0.25, 0.3) is 22.2 Å². The van der Waals surface area contributed by atoms with Gasteiger partial charge in [-0.05, 0) is 61.2 Å². The molecule has 2 aromatic carbocycles. The molecule has 0 radical (unpaired) electrons. The number of benzene rings is 2.